The molecule has 0 atom stereocenters. The molecule has 4 aromatic heterocycles. The Kier molecular flexibility index (Phi) is 6.84. The van der Waals surface area contributed by atoms with Gasteiger partial charge in [-0.1, -0.05) is 12.1 Å². The minimum absolute atomic E-state index is 0.125. The van der Waals surface area contributed by atoms with E-state index in [-0.39, 0.29) is 17.1 Å². The van der Waals surface area contributed by atoms with Crippen molar-refractivity contribution in [1.29, 1.82) is 0 Å². The van der Waals surface area contributed by atoms with E-state index in [1.54, 1.807) is 65.3 Å². The maximum atomic E-state index is 13.6. The molecule has 0 aliphatic rings. The lowest BCUT2D eigenvalue weighted by atomic mass is 10.0. The van der Waals surface area contributed by atoms with Gasteiger partial charge in [0.15, 0.2) is 0 Å². The summed E-state index contributed by atoms with van der Waals surface area (Å²) in [7, 11) is 1.73. The topological polar surface area (TPSA) is 147 Å². The van der Waals surface area contributed by atoms with Crippen LogP contribution in [0.3, 0.4) is 0 Å². The lowest BCUT2D eigenvalue weighted by Gasteiger charge is -2.18. The highest BCUT2D eigenvalue weighted by Gasteiger charge is 2.21. The van der Waals surface area contributed by atoms with Gasteiger partial charge in [0, 0.05) is 53.9 Å². The van der Waals surface area contributed by atoms with E-state index in [1.807, 2.05) is 40.7 Å². The van der Waals surface area contributed by atoms with Gasteiger partial charge in [0.2, 0.25) is 5.95 Å². The molecule has 5 rings (SSSR count). The molecule has 2 amide bonds. The summed E-state index contributed by atoms with van der Waals surface area (Å²) < 4.78 is 3.46. The predicted octanol–water partition coefficient (Wildman–Crippen LogP) is 5.07. The average Bonchev–Trinajstić information content (AvgIpc) is 3.58. The van der Waals surface area contributed by atoms with Crippen molar-refractivity contribution < 1.29 is 4.79 Å². The highest BCUT2D eigenvalue weighted by Crippen LogP contribution is 2.29. The number of carbonyl (C=O) groups excluding carboxylic acids is 1. The third kappa shape index (κ3) is 5.15. The van der Waals surface area contributed by atoms with E-state index in [9.17, 15) is 9.59 Å². The van der Waals surface area contributed by atoms with Gasteiger partial charge in [-0.05, 0) is 58.4 Å². The molecule has 0 aliphatic carbocycles. The van der Waals surface area contributed by atoms with Crippen molar-refractivity contribution in [2.75, 3.05) is 23.0 Å². The van der Waals surface area contributed by atoms with Crippen molar-refractivity contribution >= 4 is 34.4 Å². The molecule has 0 saturated carbocycles. The fourth-order valence-electron chi connectivity index (χ4n) is 4.38. The molecule has 4 N–H and O–H groups in total. The van der Waals surface area contributed by atoms with Gasteiger partial charge in [0.1, 0.15) is 11.3 Å². The molecule has 0 fully saturated rings. The largest absolute Gasteiger partial charge is 0.357 e. The van der Waals surface area contributed by atoms with Crippen LogP contribution in [0.2, 0.25) is 0 Å². The SMILES string of the molecule is CNc1ncc2cc(-c3cccc(NC(=O)Nc4cn(C(C)(C)C)nc4-c4cn[nH]c4)c3)c(=O)n(C(C)C)c2n1. The number of nitrogens with one attached hydrogen (secondary N) is 4. The zero-order chi connectivity index (χ0) is 28.6. The minimum Gasteiger partial charge on any atom is -0.357 e. The van der Waals surface area contributed by atoms with Gasteiger partial charge in [-0.3, -0.25) is 19.1 Å². The first-order valence-corrected chi connectivity index (χ1v) is 12.9. The molecular weight excluding hydrogens is 508 g/mol. The summed E-state index contributed by atoms with van der Waals surface area (Å²) in [4.78, 5) is 35.5. The molecule has 0 radical (unpaired) electrons. The summed E-state index contributed by atoms with van der Waals surface area (Å²) in [6, 6.07) is 8.38. The number of benzene rings is 1. The number of aromatic amines is 1. The molecule has 12 nitrogen and oxygen atoms in total. The van der Waals surface area contributed by atoms with Crippen LogP contribution in [0.4, 0.5) is 22.1 Å². The molecule has 0 spiro atoms. The summed E-state index contributed by atoms with van der Waals surface area (Å²) in [5, 5.41) is 20.9. The molecule has 206 valence electrons. The quantitative estimate of drug-likeness (QED) is 0.235. The lowest BCUT2D eigenvalue weighted by Crippen LogP contribution is -2.25. The van der Waals surface area contributed by atoms with Gasteiger partial charge < -0.3 is 16.0 Å². The number of H-pyrrole nitrogens is 1. The number of rotatable bonds is 6. The van der Waals surface area contributed by atoms with Gasteiger partial charge in [-0.15, -0.1) is 0 Å². The Morgan fingerprint density at radius 1 is 1.07 bits per heavy atom. The molecule has 5 aromatic rings. The van der Waals surface area contributed by atoms with Gasteiger partial charge in [0.25, 0.3) is 5.56 Å². The minimum atomic E-state index is -0.443. The van der Waals surface area contributed by atoms with Crippen LogP contribution in [0.1, 0.15) is 40.7 Å². The Morgan fingerprint density at radius 3 is 2.55 bits per heavy atom. The summed E-state index contributed by atoms with van der Waals surface area (Å²) in [6.07, 6.45) is 6.87. The van der Waals surface area contributed by atoms with Gasteiger partial charge in [-0.2, -0.15) is 15.2 Å². The van der Waals surface area contributed by atoms with Crippen molar-refractivity contribution in [3.63, 3.8) is 0 Å². The number of hydrogen-bond donors (Lipinski definition) is 4. The summed E-state index contributed by atoms with van der Waals surface area (Å²) in [6.45, 7) is 9.96. The van der Waals surface area contributed by atoms with E-state index in [0.29, 0.717) is 39.8 Å². The summed E-state index contributed by atoms with van der Waals surface area (Å²) in [5.41, 5.74) is 3.67. The number of nitrogens with zero attached hydrogens (tertiary/aromatic N) is 6. The summed E-state index contributed by atoms with van der Waals surface area (Å²) in [5.74, 6) is 0.440. The molecule has 4 heterocycles. The monoisotopic (exact) mass is 540 g/mol. The van der Waals surface area contributed by atoms with Gasteiger partial charge in [0.05, 0.1) is 17.4 Å². The molecule has 0 aliphatic heterocycles. The second-order valence-electron chi connectivity index (χ2n) is 10.7. The number of amides is 2. The standard InChI is InChI=1S/C28H32N10O2/c1-16(2)38-24-18(12-30-26(29-6)35-24)11-21(25(38)39)17-8-7-9-20(10-17)33-27(40)34-22-15-37(28(3,4)5)36-23(22)19-13-31-32-14-19/h7-16H,1-6H3,(H,31,32)(H,29,30,35)(H2,33,34,40). The fourth-order valence-corrected chi connectivity index (χ4v) is 4.38. The molecule has 1 aromatic carbocycles. The Balaban J connectivity index is 1.46. The Labute approximate surface area is 230 Å². The zero-order valence-electron chi connectivity index (χ0n) is 23.3. The van der Waals surface area contributed by atoms with Crippen LogP contribution in [0.15, 0.2) is 59.9 Å². The third-order valence-electron chi connectivity index (χ3n) is 6.37. The Hall–Kier alpha value is -5.00. The number of anilines is 3. The van der Waals surface area contributed by atoms with Crippen molar-refractivity contribution in [2.45, 2.75) is 46.2 Å². The van der Waals surface area contributed by atoms with E-state index in [1.165, 1.54) is 0 Å². The van der Waals surface area contributed by atoms with E-state index in [4.69, 9.17) is 0 Å². The van der Waals surface area contributed by atoms with E-state index >= 15 is 0 Å². The second kappa shape index (κ2) is 10.3. The van der Waals surface area contributed by atoms with Crippen LogP contribution in [-0.4, -0.2) is 47.6 Å². The van der Waals surface area contributed by atoms with E-state index in [0.717, 1.165) is 10.9 Å². The van der Waals surface area contributed by atoms with Crippen molar-refractivity contribution in [2.24, 2.45) is 0 Å². The van der Waals surface area contributed by atoms with Gasteiger partial charge >= 0.3 is 6.03 Å². The maximum Gasteiger partial charge on any atom is 0.323 e. The summed E-state index contributed by atoms with van der Waals surface area (Å²) >= 11 is 0. The molecule has 40 heavy (non-hydrogen) atoms. The van der Waals surface area contributed by atoms with Crippen LogP contribution in [0, 0.1) is 0 Å². The normalized spacial score (nSPS) is 11.7. The molecule has 0 bridgehead atoms. The molecule has 0 saturated heterocycles. The highest BCUT2D eigenvalue weighted by molar-refractivity contribution is 6.02. The first kappa shape index (κ1) is 26.6. The van der Waals surface area contributed by atoms with Crippen LogP contribution in [-0.2, 0) is 5.54 Å². The van der Waals surface area contributed by atoms with Crippen molar-refractivity contribution in [3.8, 4) is 22.4 Å². The first-order chi connectivity index (χ1) is 19.0. The van der Waals surface area contributed by atoms with Gasteiger partial charge in [-0.25, -0.2) is 9.78 Å². The predicted molar refractivity (Wildman–Crippen MR) is 157 cm³/mol. The van der Waals surface area contributed by atoms with Crippen LogP contribution >= 0.6 is 0 Å². The molecule has 12 heteroatoms. The highest BCUT2D eigenvalue weighted by atomic mass is 16.2. The number of aromatic nitrogens is 7. The Morgan fingerprint density at radius 2 is 1.88 bits per heavy atom. The average molecular weight is 541 g/mol. The van der Waals surface area contributed by atoms with E-state index < -0.39 is 6.03 Å². The second-order valence-corrected chi connectivity index (χ2v) is 10.7. The first-order valence-electron chi connectivity index (χ1n) is 12.9. The van der Waals surface area contributed by atoms with Crippen LogP contribution in [0.25, 0.3) is 33.4 Å². The number of urea groups is 1. The van der Waals surface area contributed by atoms with Crippen LogP contribution in [0.5, 0.6) is 0 Å². The smallest absolute Gasteiger partial charge is 0.323 e. The number of hydrogen-bond acceptors (Lipinski definition) is 7. The molecule has 0 unspecified atom stereocenters. The molecular formula is C28H32N10O2. The lowest BCUT2D eigenvalue weighted by molar-refractivity contribution is 0.262. The number of fused-ring (bicyclic) bond motifs is 1. The Bertz CT molecular complexity index is 1740. The van der Waals surface area contributed by atoms with Crippen LogP contribution < -0.4 is 21.5 Å². The number of carbonyl (C=O) groups is 1. The van der Waals surface area contributed by atoms with E-state index in [2.05, 4.69) is 41.2 Å². The number of pyridine rings is 1. The third-order valence-corrected chi connectivity index (χ3v) is 6.37. The maximum absolute atomic E-state index is 13.6. The zero-order valence-corrected chi connectivity index (χ0v) is 23.3. The van der Waals surface area contributed by atoms with Crippen molar-refractivity contribution in [1.82, 2.24) is 34.5 Å². The van der Waals surface area contributed by atoms with Crippen molar-refractivity contribution in [3.05, 3.63) is 65.5 Å². The fraction of sp³-hybridized carbons (Fsp3) is 0.286.